The zero-order valence-electron chi connectivity index (χ0n) is 16.5. The highest BCUT2D eigenvalue weighted by Crippen LogP contribution is 2.43. The highest BCUT2D eigenvalue weighted by molar-refractivity contribution is 6.00. The average Bonchev–Trinajstić information content (AvgIpc) is 3.46. The number of amides is 1. The van der Waals surface area contributed by atoms with Crippen molar-refractivity contribution in [1.29, 1.82) is 0 Å². The van der Waals surface area contributed by atoms with Gasteiger partial charge in [0.05, 0.1) is 25.5 Å². The molecule has 2 aromatic heterocycles. The summed E-state index contributed by atoms with van der Waals surface area (Å²) in [5.74, 6) is 1.21. The fourth-order valence-electron chi connectivity index (χ4n) is 3.65. The SMILES string of the molecule is CCOc1ccc(C2c3c(n[nH]c3-c3ccco3)C(=O)N2CC(OC)OC)cc1. The van der Waals surface area contributed by atoms with E-state index in [0.717, 1.165) is 16.9 Å². The second-order valence-electron chi connectivity index (χ2n) is 6.60. The Labute approximate surface area is 168 Å². The van der Waals surface area contributed by atoms with Crippen molar-refractivity contribution in [2.24, 2.45) is 0 Å². The van der Waals surface area contributed by atoms with Gasteiger partial charge >= 0.3 is 0 Å². The minimum atomic E-state index is -0.552. The number of hydrogen-bond donors (Lipinski definition) is 1. The van der Waals surface area contributed by atoms with E-state index in [-0.39, 0.29) is 18.5 Å². The number of carbonyl (C=O) groups is 1. The largest absolute Gasteiger partial charge is 0.494 e. The lowest BCUT2D eigenvalue weighted by atomic mass is 9.98. The second kappa shape index (κ2) is 8.10. The van der Waals surface area contributed by atoms with Gasteiger partial charge in [0.1, 0.15) is 11.4 Å². The van der Waals surface area contributed by atoms with Crippen LogP contribution in [0.4, 0.5) is 0 Å². The molecule has 3 aromatic rings. The number of fused-ring (bicyclic) bond motifs is 1. The first kappa shape index (κ1) is 19.2. The van der Waals surface area contributed by atoms with Crippen LogP contribution < -0.4 is 4.74 Å². The average molecular weight is 397 g/mol. The standard InChI is InChI=1S/C21H23N3O5/c1-4-28-14-9-7-13(8-10-14)20-17-18(15-6-5-11-29-15)22-23-19(17)21(25)24(20)12-16(26-2)27-3/h5-11,16,20H,4,12H2,1-3H3,(H,22,23). The minimum absolute atomic E-state index is 0.188. The van der Waals surface area contributed by atoms with Crippen LogP contribution in [0.25, 0.3) is 11.5 Å². The van der Waals surface area contributed by atoms with Crippen LogP contribution in [0, 0.1) is 0 Å². The van der Waals surface area contributed by atoms with Gasteiger partial charge in [-0.15, -0.1) is 0 Å². The third-order valence-corrected chi connectivity index (χ3v) is 5.00. The summed E-state index contributed by atoms with van der Waals surface area (Å²) in [6.45, 7) is 2.79. The lowest BCUT2D eigenvalue weighted by molar-refractivity contribution is -0.113. The number of furan rings is 1. The molecular weight excluding hydrogens is 374 g/mol. The summed E-state index contributed by atoms with van der Waals surface area (Å²) in [5, 5.41) is 7.25. The smallest absolute Gasteiger partial charge is 0.275 e. The molecule has 0 radical (unpaired) electrons. The molecule has 1 amide bonds. The van der Waals surface area contributed by atoms with Crippen molar-refractivity contribution in [2.45, 2.75) is 19.3 Å². The van der Waals surface area contributed by atoms with Crippen LogP contribution in [-0.2, 0) is 9.47 Å². The summed E-state index contributed by atoms with van der Waals surface area (Å²) in [5.41, 5.74) is 2.77. The molecule has 3 heterocycles. The Morgan fingerprint density at radius 1 is 1.21 bits per heavy atom. The molecule has 0 spiro atoms. The summed E-state index contributed by atoms with van der Waals surface area (Å²) in [7, 11) is 3.10. The predicted molar refractivity (Wildman–Crippen MR) is 105 cm³/mol. The number of rotatable bonds is 8. The van der Waals surface area contributed by atoms with Crippen LogP contribution in [0.5, 0.6) is 5.75 Å². The topological polar surface area (TPSA) is 89.8 Å². The van der Waals surface area contributed by atoms with Gasteiger partial charge < -0.3 is 23.5 Å². The van der Waals surface area contributed by atoms with Crippen LogP contribution in [0.2, 0.25) is 0 Å². The Balaban J connectivity index is 1.79. The normalized spacial score (nSPS) is 15.9. The molecule has 4 rings (SSSR count). The summed E-state index contributed by atoms with van der Waals surface area (Å²) in [6.07, 6.45) is 1.04. The van der Waals surface area contributed by atoms with Gasteiger partial charge in [0, 0.05) is 19.8 Å². The monoisotopic (exact) mass is 397 g/mol. The molecule has 1 aliphatic heterocycles. The maximum Gasteiger partial charge on any atom is 0.275 e. The Morgan fingerprint density at radius 3 is 2.59 bits per heavy atom. The van der Waals surface area contributed by atoms with E-state index in [1.165, 1.54) is 0 Å². The maximum absolute atomic E-state index is 13.2. The van der Waals surface area contributed by atoms with E-state index >= 15 is 0 Å². The zero-order chi connectivity index (χ0) is 20.4. The lowest BCUT2D eigenvalue weighted by Gasteiger charge is -2.29. The quantitative estimate of drug-likeness (QED) is 0.587. The molecule has 1 N–H and O–H groups in total. The lowest BCUT2D eigenvalue weighted by Crippen LogP contribution is -2.38. The molecule has 0 saturated heterocycles. The number of benzene rings is 1. The predicted octanol–water partition coefficient (Wildman–Crippen LogP) is 3.23. The second-order valence-corrected chi connectivity index (χ2v) is 6.60. The van der Waals surface area contributed by atoms with Crippen LogP contribution in [-0.4, -0.2) is 54.7 Å². The molecule has 1 atom stereocenters. The van der Waals surface area contributed by atoms with Gasteiger partial charge in [0.25, 0.3) is 5.91 Å². The number of ether oxygens (including phenoxy) is 3. The van der Waals surface area contributed by atoms with E-state index < -0.39 is 6.29 Å². The molecule has 1 unspecified atom stereocenters. The van der Waals surface area contributed by atoms with E-state index in [1.54, 1.807) is 31.4 Å². The fourth-order valence-corrected chi connectivity index (χ4v) is 3.65. The van der Waals surface area contributed by atoms with Gasteiger partial charge in [-0.25, -0.2) is 0 Å². The van der Waals surface area contributed by atoms with E-state index in [1.807, 2.05) is 37.3 Å². The van der Waals surface area contributed by atoms with Crippen molar-refractivity contribution in [3.8, 4) is 17.2 Å². The van der Waals surface area contributed by atoms with Crippen molar-refractivity contribution < 1.29 is 23.4 Å². The van der Waals surface area contributed by atoms with Crippen molar-refractivity contribution in [3.05, 3.63) is 59.5 Å². The van der Waals surface area contributed by atoms with Crippen LogP contribution in [0.1, 0.15) is 34.6 Å². The van der Waals surface area contributed by atoms with Crippen molar-refractivity contribution >= 4 is 5.91 Å². The first-order valence-corrected chi connectivity index (χ1v) is 9.39. The highest BCUT2D eigenvalue weighted by Gasteiger charge is 2.43. The first-order valence-electron chi connectivity index (χ1n) is 9.39. The highest BCUT2D eigenvalue weighted by atomic mass is 16.7. The van der Waals surface area contributed by atoms with Gasteiger partial charge in [-0.2, -0.15) is 5.10 Å². The Bertz CT molecular complexity index is 961. The Morgan fingerprint density at radius 2 is 1.97 bits per heavy atom. The van der Waals surface area contributed by atoms with Crippen LogP contribution >= 0.6 is 0 Å². The summed E-state index contributed by atoms with van der Waals surface area (Å²) in [6, 6.07) is 11.0. The number of hydrogen-bond acceptors (Lipinski definition) is 6. The van der Waals surface area contributed by atoms with E-state index in [9.17, 15) is 4.79 Å². The number of nitrogens with one attached hydrogen (secondary N) is 1. The van der Waals surface area contributed by atoms with Gasteiger partial charge in [0.15, 0.2) is 17.7 Å². The van der Waals surface area contributed by atoms with Gasteiger partial charge in [-0.1, -0.05) is 12.1 Å². The number of H-pyrrole nitrogens is 1. The maximum atomic E-state index is 13.2. The summed E-state index contributed by atoms with van der Waals surface area (Å²) < 4.78 is 21.8. The van der Waals surface area contributed by atoms with Crippen LogP contribution in [0.15, 0.2) is 47.1 Å². The minimum Gasteiger partial charge on any atom is -0.494 e. The first-order chi connectivity index (χ1) is 14.2. The summed E-state index contributed by atoms with van der Waals surface area (Å²) >= 11 is 0. The van der Waals surface area contributed by atoms with E-state index in [0.29, 0.717) is 23.8 Å². The zero-order valence-corrected chi connectivity index (χ0v) is 16.5. The van der Waals surface area contributed by atoms with Crippen molar-refractivity contribution in [1.82, 2.24) is 15.1 Å². The molecule has 0 aliphatic carbocycles. The molecule has 1 aromatic carbocycles. The number of methoxy groups -OCH3 is 2. The Kier molecular flexibility index (Phi) is 5.37. The molecule has 29 heavy (non-hydrogen) atoms. The molecule has 152 valence electrons. The number of carbonyl (C=O) groups excluding carboxylic acids is 1. The van der Waals surface area contributed by atoms with Crippen molar-refractivity contribution in [3.63, 3.8) is 0 Å². The van der Waals surface area contributed by atoms with Crippen LogP contribution in [0.3, 0.4) is 0 Å². The number of aromatic amines is 1. The number of nitrogens with zero attached hydrogens (tertiary/aromatic N) is 2. The molecular formula is C21H23N3O5. The van der Waals surface area contributed by atoms with Gasteiger partial charge in [0.2, 0.25) is 0 Å². The van der Waals surface area contributed by atoms with Crippen molar-refractivity contribution in [2.75, 3.05) is 27.4 Å². The third kappa shape index (κ3) is 3.41. The Hall–Kier alpha value is -3.10. The molecule has 8 heteroatoms. The molecule has 8 nitrogen and oxygen atoms in total. The molecule has 1 aliphatic rings. The third-order valence-electron chi connectivity index (χ3n) is 5.00. The van der Waals surface area contributed by atoms with Gasteiger partial charge in [-0.05, 0) is 36.8 Å². The fraction of sp³-hybridized carbons (Fsp3) is 0.333. The molecule has 0 bridgehead atoms. The summed E-state index contributed by atoms with van der Waals surface area (Å²) in [4.78, 5) is 14.9. The molecule has 0 fully saturated rings. The van der Waals surface area contributed by atoms with E-state index in [2.05, 4.69) is 10.2 Å². The number of aromatic nitrogens is 2. The van der Waals surface area contributed by atoms with Gasteiger partial charge in [-0.3, -0.25) is 9.89 Å². The van der Waals surface area contributed by atoms with E-state index in [4.69, 9.17) is 18.6 Å². The molecule has 0 saturated carbocycles.